The van der Waals surface area contributed by atoms with Crippen LogP contribution in [0.3, 0.4) is 0 Å². The second kappa shape index (κ2) is 11.0. The lowest BCUT2D eigenvalue weighted by Crippen LogP contribution is -2.42. The first-order valence-corrected chi connectivity index (χ1v) is 12.9. The molecule has 1 aliphatic heterocycles. The number of carbonyl (C=O) groups excluding carboxylic acids is 1. The van der Waals surface area contributed by atoms with Crippen molar-refractivity contribution in [3.05, 3.63) is 64.2 Å². The van der Waals surface area contributed by atoms with Crippen LogP contribution in [-0.4, -0.2) is 55.7 Å². The summed E-state index contributed by atoms with van der Waals surface area (Å²) in [4.78, 5) is 24.5. The summed E-state index contributed by atoms with van der Waals surface area (Å²) in [6, 6.07) is 12.6. The SMILES string of the molecule is CC(C)(C)OC(=O)N(CCCCNS(=O)(=O)c1cccc([N+](=O)[O-])c1)CC1Cc2ccccc2O1. The minimum absolute atomic E-state index is 0.124. The zero-order valence-corrected chi connectivity index (χ0v) is 20.9. The molecule has 0 aromatic heterocycles. The summed E-state index contributed by atoms with van der Waals surface area (Å²) in [6.45, 7) is 6.24. The van der Waals surface area contributed by atoms with Crippen LogP contribution in [0.25, 0.3) is 0 Å². The molecule has 1 amide bonds. The van der Waals surface area contributed by atoms with Gasteiger partial charge in [-0.1, -0.05) is 24.3 Å². The Morgan fingerprint density at radius 2 is 1.94 bits per heavy atom. The fourth-order valence-electron chi connectivity index (χ4n) is 3.67. The Labute approximate surface area is 205 Å². The standard InChI is InChI=1S/C24H31N3O7S/c1-24(2,3)34-23(28)26(17-20-15-18-9-4-5-12-22(18)33-20)14-7-6-13-25-35(31,32)21-11-8-10-19(16-21)27(29)30/h4-5,8-12,16,20,25H,6-7,13-15,17H2,1-3H3. The molecular weight excluding hydrogens is 474 g/mol. The number of nitro benzene ring substituents is 1. The van der Waals surface area contributed by atoms with E-state index in [1.165, 1.54) is 18.2 Å². The Bertz CT molecular complexity index is 1140. The third-order valence-electron chi connectivity index (χ3n) is 5.28. The van der Waals surface area contributed by atoms with Gasteiger partial charge in [-0.25, -0.2) is 17.9 Å². The fourth-order valence-corrected chi connectivity index (χ4v) is 4.78. The summed E-state index contributed by atoms with van der Waals surface area (Å²) in [5.41, 5.74) is 0.150. The predicted molar refractivity (Wildman–Crippen MR) is 130 cm³/mol. The van der Waals surface area contributed by atoms with E-state index in [9.17, 15) is 23.3 Å². The van der Waals surface area contributed by atoms with E-state index >= 15 is 0 Å². The maximum Gasteiger partial charge on any atom is 0.410 e. The minimum atomic E-state index is -3.89. The highest BCUT2D eigenvalue weighted by Crippen LogP contribution is 2.28. The largest absolute Gasteiger partial charge is 0.488 e. The summed E-state index contributed by atoms with van der Waals surface area (Å²) < 4.78 is 38.9. The van der Waals surface area contributed by atoms with E-state index in [4.69, 9.17) is 9.47 Å². The molecule has 3 rings (SSSR count). The molecule has 0 fully saturated rings. The van der Waals surface area contributed by atoms with Gasteiger partial charge >= 0.3 is 6.09 Å². The second-order valence-electron chi connectivity index (χ2n) is 9.34. The van der Waals surface area contributed by atoms with Crippen molar-refractivity contribution in [1.29, 1.82) is 0 Å². The number of non-ortho nitro benzene ring substituents is 1. The van der Waals surface area contributed by atoms with Crippen LogP contribution in [0.1, 0.15) is 39.2 Å². The van der Waals surface area contributed by atoms with Crippen LogP contribution in [0, 0.1) is 10.1 Å². The topological polar surface area (TPSA) is 128 Å². The van der Waals surface area contributed by atoms with E-state index in [-0.39, 0.29) is 23.2 Å². The number of para-hydroxylation sites is 1. The maximum atomic E-state index is 12.8. The number of unbranched alkanes of at least 4 members (excludes halogenated alkanes) is 1. The monoisotopic (exact) mass is 505 g/mol. The van der Waals surface area contributed by atoms with Crippen molar-refractivity contribution in [1.82, 2.24) is 9.62 Å². The van der Waals surface area contributed by atoms with Gasteiger partial charge < -0.3 is 14.4 Å². The number of fused-ring (bicyclic) bond motifs is 1. The Morgan fingerprint density at radius 1 is 1.20 bits per heavy atom. The van der Waals surface area contributed by atoms with Crippen molar-refractivity contribution in [2.75, 3.05) is 19.6 Å². The van der Waals surface area contributed by atoms with Crippen LogP contribution in [0.2, 0.25) is 0 Å². The second-order valence-corrected chi connectivity index (χ2v) is 11.1. The van der Waals surface area contributed by atoms with Crippen LogP contribution < -0.4 is 9.46 Å². The molecule has 2 aromatic carbocycles. The summed E-state index contributed by atoms with van der Waals surface area (Å²) in [6.07, 6.45) is 1.04. The van der Waals surface area contributed by atoms with Gasteiger partial charge in [-0.15, -0.1) is 0 Å². The van der Waals surface area contributed by atoms with E-state index in [0.29, 0.717) is 32.4 Å². The zero-order valence-electron chi connectivity index (χ0n) is 20.1. The minimum Gasteiger partial charge on any atom is -0.488 e. The van der Waals surface area contributed by atoms with Crippen molar-refractivity contribution in [3.8, 4) is 5.75 Å². The molecule has 0 bridgehead atoms. The Balaban J connectivity index is 1.54. The summed E-state index contributed by atoms with van der Waals surface area (Å²) in [7, 11) is -3.89. The van der Waals surface area contributed by atoms with E-state index in [1.54, 1.807) is 25.7 Å². The van der Waals surface area contributed by atoms with Gasteiger partial charge in [0.1, 0.15) is 17.5 Å². The Kier molecular flexibility index (Phi) is 8.34. The lowest BCUT2D eigenvalue weighted by molar-refractivity contribution is -0.385. The highest BCUT2D eigenvalue weighted by atomic mass is 32.2. The summed E-state index contributed by atoms with van der Waals surface area (Å²) >= 11 is 0. The molecule has 0 radical (unpaired) electrons. The first-order chi connectivity index (χ1) is 16.4. The van der Waals surface area contributed by atoms with Gasteiger partial charge in [0.2, 0.25) is 10.0 Å². The number of carbonyl (C=O) groups is 1. The smallest absolute Gasteiger partial charge is 0.410 e. The van der Waals surface area contributed by atoms with Gasteiger partial charge in [0.15, 0.2) is 0 Å². The number of nitrogens with one attached hydrogen (secondary N) is 1. The van der Waals surface area contributed by atoms with Gasteiger partial charge in [-0.05, 0) is 51.3 Å². The van der Waals surface area contributed by atoms with Crippen LogP contribution in [-0.2, 0) is 21.2 Å². The lowest BCUT2D eigenvalue weighted by Gasteiger charge is -2.29. The number of sulfonamides is 1. The number of rotatable bonds is 10. The van der Waals surface area contributed by atoms with E-state index in [0.717, 1.165) is 17.4 Å². The Morgan fingerprint density at radius 3 is 2.63 bits per heavy atom. The predicted octanol–water partition coefficient (Wildman–Crippen LogP) is 3.89. The van der Waals surface area contributed by atoms with Crippen molar-refractivity contribution in [2.24, 2.45) is 0 Å². The third kappa shape index (κ3) is 7.66. The van der Waals surface area contributed by atoms with Crippen LogP contribution in [0.15, 0.2) is 53.4 Å². The molecule has 2 aromatic rings. The number of hydrogen-bond acceptors (Lipinski definition) is 7. The first kappa shape index (κ1) is 26.4. The molecule has 35 heavy (non-hydrogen) atoms. The van der Waals surface area contributed by atoms with Crippen LogP contribution >= 0.6 is 0 Å². The average Bonchev–Trinajstić information content (AvgIpc) is 3.19. The van der Waals surface area contributed by atoms with Crippen molar-refractivity contribution in [3.63, 3.8) is 0 Å². The number of benzene rings is 2. The van der Waals surface area contributed by atoms with E-state index in [2.05, 4.69) is 4.72 Å². The van der Waals surface area contributed by atoms with Crippen molar-refractivity contribution >= 4 is 21.8 Å². The maximum absolute atomic E-state index is 12.8. The molecule has 1 aliphatic rings. The van der Waals surface area contributed by atoms with E-state index in [1.807, 2.05) is 24.3 Å². The highest BCUT2D eigenvalue weighted by Gasteiger charge is 2.29. The molecule has 0 saturated carbocycles. The molecule has 11 heteroatoms. The van der Waals surface area contributed by atoms with Gasteiger partial charge in [0.05, 0.1) is 16.4 Å². The van der Waals surface area contributed by atoms with Crippen LogP contribution in [0.5, 0.6) is 5.75 Å². The number of nitrogens with zero attached hydrogens (tertiary/aromatic N) is 2. The van der Waals surface area contributed by atoms with E-state index < -0.39 is 26.6 Å². The summed E-state index contributed by atoms with van der Waals surface area (Å²) in [5, 5.41) is 10.9. The van der Waals surface area contributed by atoms with Crippen LogP contribution in [0.4, 0.5) is 10.5 Å². The third-order valence-corrected chi connectivity index (χ3v) is 6.73. The van der Waals surface area contributed by atoms with Gasteiger partial charge in [-0.3, -0.25) is 10.1 Å². The molecule has 10 nitrogen and oxygen atoms in total. The summed E-state index contributed by atoms with van der Waals surface area (Å²) in [5.74, 6) is 0.817. The quantitative estimate of drug-likeness (QED) is 0.295. The van der Waals surface area contributed by atoms with Crippen molar-refractivity contribution < 1.29 is 27.6 Å². The molecule has 0 aliphatic carbocycles. The molecule has 1 N–H and O–H groups in total. The molecule has 0 spiro atoms. The normalized spacial score (nSPS) is 15.2. The molecule has 1 heterocycles. The van der Waals surface area contributed by atoms with Gasteiger partial charge in [0, 0.05) is 31.6 Å². The molecular formula is C24H31N3O7S. The highest BCUT2D eigenvalue weighted by molar-refractivity contribution is 7.89. The molecule has 0 saturated heterocycles. The number of hydrogen-bond donors (Lipinski definition) is 1. The molecule has 1 atom stereocenters. The number of amides is 1. The lowest BCUT2D eigenvalue weighted by atomic mass is 10.1. The van der Waals surface area contributed by atoms with Gasteiger partial charge in [-0.2, -0.15) is 0 Å². The molecule has 190 valence electrons. The zero-order chi connectivity index (χ0) is 25.6. The number of nitro groups is 1. The number of ether oxygens (including phenoxy) is 2. The average molecular weight is 506 g/mol. The fraction of sp³-hybridized carbons (Fsp3) is 0.458. The Hall–Kier alpha value is -3.18. The first-order valence-electron chi connectivity index (χ1n) is 11.4. The van der Waals surface area contributed by atoms with Crippen molar-refractivity contribution in [2.45, 2.75) is 56.6 Å². The van der Waals surface area contributed by atoms with Gasteiger partial charge in [0.25, 0.3) is 5.69 Å². The molecule has 1 unspecified atom stereocenters.